The summed E-state index contributed by atoms with van der Waals surface area (Å²) in [4.78, 5) is 25.7. The third-order valence-corrected chi connectivity index (χ3v) is 5.65. The van der Waals surface area contributed by atoms with Crippen LogP contribution in [0.15, 0.2) is 71.0 Å². The number of aromatic nitrogens is 3. The number of amides is 1. The first-order chi connectivity index (χ1) is 16.5. The Morgan fingerprint density at radius 2 is 2.09 bits per heavy atom. The number of anilines is 1. The van der Waals surface area contributed by atoms with E-state index in [-0.39, 0.29) is 12.3 Å². The van der Waals surface area contributed by atoms with E-state index < -0.39 is 11.9 Å². The molecule has 2 aromatic heterocycles. The van der Waals surface area contributed by atoms with Gasteiger partial charge in [0.05, 0.1) is 35.4 Å². The number of carbonyl (C=O) groups excluding carboxylic acids is 1. The molecule has 2 aromatic carbocycles. The van der Waals surface area contributed by atoms with Crippen LogP contribution in [0, 0.1) is 5.82 Å². The molecule has 1 fully saturated rings. The molecule has 0 radical (unpaired) electrons. The monoisotopic (exact) mass is 456 g/mol. The lowest BCUT2D eigenvalue weighted by Crippen LogP contribution is -2.24. The van der Waals surface area contributed by atoms with Crippen molar-refractivity contribution in [1.29, 1.82) is 0 Å². The van der Waals surface area contributed by atoms with Gasteiger partial charge in [-0.15, -0.1) is 0 Å². The molecule has 0 N–H and O–H groups in total. The molecule has 170 valence electrons. The summed E-state index contributed by atoms with van der Waals surface area (Å²) in [5.41, 5.74) is 4.11. The Balaban J connectivity index is 1.45. The predicted molar refractivity (Wildman–Crippen MR) is 129 cm³/mol. The zero-order chi connectivity index (χ0) is 23.7. The third kappa shape index (κ3) is 4.03. The summed E-state index contributed by atoms with van der Waals surface area (Å²) in [6, 6.07) is 14.6. The van der Waals surface area contributed by atoms with Crippen molar-refractivity contribution in [3.05, 3.63) is 83.6 Å². The average molecular weight is 456 g/mol. The van der Waals surface area contributed by atoms with Gasteiger partial charge in [0.15, 0.2) is 0 Å². The van der Waals surface area contributed by atoms with E-state index in [1.165, 1.54) is 11.0 Å². The first-order valence-electron chi connectivity index (χ1n) is 10.7. The number of pyridine rings is 1. The van der Waals surface area contributed by atoms with Crippen LogP contribution in [0.4, 0.5) is 20.8 Å². The van der Waals surface area contributed by atoms with Gasteiger partial charge in [0.2, 0.25) is 5.95 Å². The van der Waals surface area contributed by atoms with Crippen LogP contribution >= 0.6 is 0 Å². The fourth-order valence-electron chi connectivity index (χ4n) is 3.92. The fraction of sp³-hybridized carbons (Fsp3) is 0.160. The topological polar surface area (TPSA) is 85.0 Å². The molecular formula is C25H21FN6O2. The van der Waals surface area contributed by atoms with Gasteiger partial charge < -0.3 is 4.74 Å². The van der Waals surface area contributed by atoms with E-state index in [1.807, 2.05) is 24.3 Å². The molecule has 1 aliphatic rings. The molecule has 8 nitrogen and oxygen atoms in total. The molecule has 0 aliphatic carbocycles. The second-order valence-corrected chi connectivity index (χ2v) is 7.84. The molecular weight excluding hydrogens is 435 g/mol. The summed E-state index contributed by atoms with van der Waals surface area (Å²) in [7, 11) is 0. The van der Waals surface area contributed by atoms with Crippen LogP contribution in [0.25, 0.3) is 10.9 Å². The number of rotatable bonds is 6. The van der Waals surface area contributed by atoms with Crippen molar-refractivity contribution in [3.8, 4) is 0 Å². The number of cyclic esters (lactones) is 1. The molecule has 0 saturated carbocycles. The van der Waals surface area contributed by atoms with Crippen LogP contribution in [0.3, 0.4) is 0 Å². The third-order valence-electron chi connectivity index (χ3n) is 5.65. The molecule has 1 aliphatic heterocycles. The highest BCUT2D eigenvalue weighted by Gasteiger charge is 2.26. The van der Waals surface area contributed by atoms with Crippen LogP contribution in [-0.2, 0) is 11.2 Å². The van der Waals surface area contributed by atoms with Gasteiger partial charge >= 0.3 is 6.09 Å². The number of nitrogens with zero attached hydrogens (tertiary/aromatic N) is 6. The number of ether oxygens (including phenoxy) is 1. The summed E-state index contributed by atoms with van der Waals surface area (Å²) >= 11 is 0. The lowest BCUT2D eigenvalue weighted by molar-refractivity contribution is 0.181. The first-order valence-corrected chi connectivity index (χ1v) is 10.7. The van der Waals surface area contributed by atoms with Crippen LogP contribution in [0.2, 0.25) is 0 Å². The quantitative estimate of drug-likeness (QED) is 0.393. The maximum Gasteiger partial charge on any atom is 0.414 e. The van der Waals surface area contributed by atoms with E-state index >= 15 is 0 Å². The summed E-state index contributed by atoms with van der Waals surface area (Å²) in [6.07, 6.45) is 3.49. The Hall–Kier alpha value is -4.40. The van der Waals surface area contributed by atoms with Crippen molar-refractivity contribution in [3.63, 3.8) is 0 Å². The van der Waals surface area contributed by atoms with Gasteiger partial charge in [-0.1, -0.05) is 18.2 Å². The number of aliphatic imine (C=N–C) groups is 1. The highest BCUT2D eigenvalue weighted by Crippen LogP contribution is 2.25. The van der Waals surface area contributed by atoms with Crippen molar-refractivity contribution < 1.29 is 13.9 Å². The van der Waals surface area contributed by atoms with Gasteiger partial charge in [-0.25, -0.2) is 23.8 Å². The lowest BCUT2D eigenvalue weighted by Gasteiger charge is -2.14. The van der Waals surface area contributed by atoms with Crippen LogP contribution in [0.1, 0.15) is 23.7 Å². The van der Waals surface area contributed by atoms with E-state index in [1.54, 1.807) is 36.1 Å². The molecule has 1 amide bonds. The number of benzene rings is 2. The van der Waals surface area contributed by atoms with Crippen molar-refractivity contribution in [2.24, 2.45) is 10.1 Å². The van der Waals surface area contributed by atoms with Gasteiger partial charge in [0, 0.05) is 23.6 Å². The molecule has 3 heterocycles. The standard InChI is InChI=1S/C25H21FN6O2/c1-16(18-6-8-23(21(26)14-18)31-10-11-34-25(31)33)30-32-20(15-29-24(32)27-2)13-17-5-7-22-19(12-17)4-3-9-28-22/h3-9,12,14-15H,2,10-11,13H2,1H3/b30-16+. The zero-order valence-electron chi connectivity index (χ0n) is 18.5. The second kappa shape index (κ2) is 8.86. The minimum absolute atomic E-state index is 0.182. The van der Waals surface area contributed by atoms with Gasteiger partial charge in [0.1, 0.15) is 12.4 Å². The van der Waals surface area contributed by atoms with Gasteiger partial charge in [-0.3, -0.25) is 9.88 Å². The minimum atomic E-state index is -0.550. The normalized spacial score (nSPS) is 14.0. The highest BCUT2D eigenvalue weighted by atomic mass is 19.1. The molecule has 1 saturated heterocycles. The SMILES string of the molecule is C=Nc1ncc(Cc2ccc3ncccc3c2)n1/N=C(\C)c1ccc(N2CCOC2=O)c(F)c1. The Bertz CT molecular complexity index is 1440. The van der Waals surface area contributed by atoms with E-state index in [4.69, 9.17) is 4.74 Å². The zero-order valence-corrected chi connectivity index (χ0v) is 18.5. The maximum absolute atomic E-state index is 14.8. The second-order valence-electron chi connectivity index (χ2n) is 7.84. The van der Waals surface area contributed by atoms with E-state index in [9.17, 15) is 9.18 Å². The highest BCUT2D eigenvalue weighted by molar-refractivity contribution is 5.99. The smallest absolute Gasteiger partial charge is 0.414 e. The molecule has 34 heavy (non-hydrogen) atoms. The van der Waals surface area contributed by atoms with Crippen molar-refractivity contribution >= 4 is 41.1 Å². The van der Waals surface area contributed by atoms with Gasteiger partial charge in [0.25, 0.3) is 0 Å². The number of halogens is 1. The average Bonchev–Trinajstić information content (AvgIpc) is 3.44. The molecule has 4 aromatic rings. The molecule has 9 heteroatoms. The van der Waals surface area contributed by atoms with E-state index in [0.717, 1.165) is 22.2 Å². The Morgan fingerprint density at radius 1 is 1.21 bits per heavy atom. The molecule has 5 rings (SSSR count). The number of fused-ring (bicyclic) bond motifs is 1. The summed E-state index contributed by atoms with van der Waals surface area (Å²) in [5, 5.41) is 5.70. The van der Waals surface area contributed by atoms with E-state index in [2.05, 4.69) is 32.8 Å². The number of hydrogen-bond donors (Lipinski definition) is 0. The molecule has 0 atom stereocenters. The minimum Gasteiger partial charge on any atom is -0.447 e. The summed E-state index contributed by atoms with van der Waals surface area (Å²) < 4.78 is 21.3. The number of hydrogen-bond acceptors (Lipinski definition) is 6. The molecule has 0 spiro atoms. The fourth-order valence-corrected chi connectivity index (χ4v) is 3.92. The first kappa shape index (κ1) is 21.4. The Labute approximate surface area is 195 Å². The Morgan fingerprint density at radius 3 is 2.85 bits per heavy atom. The van der Waals surface area contributed by atoms with Crippen LogP contribution < -0.4 is 4.90 Å². The van der Waals surface area contributed by atoms with Crippen LogP contribution in [-0.4, -0.2) is 46.3 Å². The predicted octanol–water partition coefficient (Wildman–Crippen LogP) is 4.72. The molecule has 0 unspecified atom stereocenters. The van der Waals surface area contributed by atoms with Gasteiger partial charge in [-0.2, -0.15) is 5.10 Å². The maximum atomic E-state index is 14.8. The lowest BCUT2D eigenvalue weighted by atomic mass is 10.1. The molecule has 0 bridgehead atoms. The van der Waals surface area contributed by atoms with Crippen molar-refractivity contribution in [2.45, 2.75) is 13.3 Å². The van der Waals surface area contributed by atoms with Crippen molar-refractivity contribution in [1.82, 2.24) is 14.6 Å². The number of carbonyl (C=O) groups is 1. The van der Waals surface area contributed by atoms with Crippen molar-refractivity contribution in [2.75, 3.05) is 18.1 Å². The summed E-state index contributed by atoms with van der Waals surface area (Å²) in [6.45, 7) is 5.93. The van der Waals surface area contributed by atoms with E-state index in [0.29, 0.717) is 30.2 Å². The van der Waals surface area contributed by atoms with Crippen LogP contribution in [0.5, 0.6) is 0 Å². The largest absolute Gasteiger partial charge is 0.447 e. The van der Waals surface area contributed by atoms with Gasteiger partial charge in [-0.05, 0) is 49.5 Å². The Kier molecular flexibility index (Phi) is 5.59. The number of imidazole rings is 1. The summed E-state index contributed by atoms with van der Waals surface area (Å²) in [5.74, 6) is -0.183.